The molecular weight excluding hydrogens is 369 g/mol. The summed E-state index contributed by atoms with van der Waals surface area (Å²) >= 11 is 13.1. The number of aromatic nitrogens is 3. The summed E-state index contributed by atoms with van der Waals surface area (Å²) < 4.78 is 2.63. The van der Waals surface area contributed by atoms with E-state index in [4.69, 9.17) is 11.6 Å². The second-order valence-electron chi connectivity index (χ2n) is 3.56. The van der Waals surface area contributed by atoms with Gasteiger partial charge in [-0.2, -0.15) is 0 Å². The van der Waals surface area contributed by atoms with E-state index in [0.29, 0.717) is 5.02 Å². The number of hydrogen-bond donors (Lipinski definition) is 0. The minimum Gasteiger partial charge on any atom is -0.219 e. The molecule has 0 spiro atoms. The van der Waals surface area contributed by atoms with E-state index in [-0.39, 0.29) is 4.83 Å². The number of hydrogen-bond acceptors (Lipinski definition) is 2. The number of alkyl halides is 1. The van der Waals surface area contributed by atoms with Gasteiger partial charge in [0, 0.05) is 4.47 Å². The monoisotopic (exact) mass is 377 g/mol. The summed E-state index contributed by atoms with van der Waals surface area (Å²) in [4.78, 5) is 0.227. The number of benzene rings is 1. The third-order valence-corrected chi connectivity index (χ3v) is 4.26. The highest BCUT2D eigenvalue weighted by Gasteiger charge is 2.11. The molecule has 17 heavy (non-hydrogen) atoms. The Morgan fingerprint density at radius 1 is 1.47 bits per heavy atom. The van der Waals surface area contributed by atoms with Gasteiger partial charge in [-0.1, -0.05) is 55.6 Å². The van der Waals surface area contributed by atoms with Gasteiger partial charge in [0.25, 0.3) is 0 Å². The molecular formula is C11H10Br2ClN3. The van der Waals surface area contributed by atoms with Crippen LogP contribution in [-0.2, 0) is 0 Å². The van der Waals surface area contributed by atoms with Crippen molar-refractivity contribution in [1.29, 1.82) is 0 Å². The van der Waals surface area contributed by atoms with Crippen LogP contribution in [0.2, 0.25) is 5.02 Å². The highest BCUT2D eigenvalue weighted by Crippen LogP contribution is 2.27. The van der Waals surface area contributed by atoms with Crippen LogP contribution >= 0.6 is 43.5 Å². The van der Waals surface area contributed by atoms with Crippen LogP contribution in [0, 0.1) is 0 Å². The third kappa shape index (κ3) is 2.89. The van der Waals surface area contributed by atoms with Crippen LogP contribution in [0.5, 0.6) is 0 Å². The van der Waals surface area contributed by atoms with Crippen molar-refractivity contribution in [2.24, 2.45) is 0 Å². The molecule has 6 heteroatoms. The molecule has 0 bridgehead atoms. The van der Waals surface area contributed by atoms with Gasteiger partial charge in [-0.15, -0.1) is 5.10 Å². The quantitative estimate of drug-likeness (QED) is 0.734. The van der Waals surface area contributed by atoms with Gasteiger partial charge in [-0.25, -0.2) is 4.68 Å². The minimum absolute atomic E-state index is 0.227. The summed E-state index contributed by atoms with van der Waals surface area (Å²) in [7, 11) is 0. The first-order valence-corrected chi connectivity index (χ1v) is 7.22. The first-order valence-electron chi connectivity index (χ1n) is 5.13. The van der Waals surface area contributed by atoms with Crippen LogP contribution < -0.4 is 0 Å². The van der Waals surface area contributed by atoms with E-state index in [2.05, 4.69) is 49.1 Å². The largest absolute Gasteiger partial charge is 0.219 e. The van der Waals surface area contributed by atoms with Gasteiger partial charge in [0.15, 0.2) is 0 Å². The molecule has 0 aliphatic rings. The summed E-state index contributed by atoms with van der Waals surface area (Å²) in [6.07, 6.45) is 2.85. The highest BCUT2D eigenvalue weighted by atomic mass is 79.9. The fourth-order valence-electron chi connectivity index (χ4n) is 1.41. The Bertz CT molecular complexity index is 527. The number of rotatable bonds is 3. The Morgan fingerprint density at radius 2 is 2.24 bits per heavy atom. The fourth-order valence-corrected chi connectivity index (χ4v) is 2.38. The van der Waals surface area contributed by atoms with Crippen molar-refractivity contribution in [1.82, 2.24) is 15.0 Å². The zero-order valence-corrected chi connectivity index (χ0v) is 13.0. The van der Waals surface area contributed by atoms with Gasteiger partial charge in [0.05, 0.1) is 27.4 Å². The van der Waals surface area contributed by atoms with Crippen molar-refractivity contribution >= 4 is 43.5 Å². The molecule has 1 aromatic heterocycles. The lowest BCUT2D eigenvalue weighted by atomic mass is 10.3. The first kappa shape index (κ1) is 13.1. The van der Waals surface area contributed by atoms with Crippen LogP contribution in [0.1, 0.15) is 23.9 Å². The van der Waals surface area contributed by atoms with E-state index in [9.17, 15) is 0 Å². The lowest BCUT2D eigenvalue weighted by Crippen LogP contribution is -1.95. The molecule has 1 atom stereocenters. The Morgan fingerprint density at radius 3 is 2.88 bits per heavy atom. The third-order valence-electron chi connectivity index (χ3n) is 2.35. The molecule has 2 aromatic rings. The first-order chi connectivity index (χ1) is 8.11. The molecule has 0 saturated heterocycles. The summed E-state index contributed by atoms with van der Waals surface area (Å²) in [5.74, 6) is 0. The average molecular weight is 379 g/mol. The minimum atomic E-state index is 0.227. The van der Waals surface area contributed by atoms with E-state index in [0.717, 1.165) is 22.3 Å². The Labute approximate surface area is 121 Å². The molecule has 0 aliphatic heterocycles. The van der Waals surface area contributed by atoms with E-state index in [1.807, 2.05) is 24.4 Å². The maximum atomic E-state index is 6.16. The zero-order valence-electron chi connectivity index (χ0n) is 9.07. The predicted molar refractivity (Wildman–Crippen MR) is 76.0 cm³/mol. The van der Waals surface area contributed by atoms with Gasteiger partial charge >= 0.3 is 0 Å². The van der Waals surface area contributed by atoms with Gasteiger partial charge in [0.1, 0.15) is 0 Å². The molecule has 0 fully saturated rings. The predicted octanol–water partition coefficient (Wildman–Crippen LogP) is 4.53. The molecule has 0 saturated carbocycles. The normalized spacial score (nSPS) is 12.7. The maximum Gasteiger partial charge on any atom is 0.0967 e. The van der Waals surface area contributed by atoms with Gasteiger partial charge in [0.2, 0.25) is 0 Å². The Hall–Kier alpha value is -0.390. The Kier molecular flexibility index (Phi) is 4.22. The molecule has 1 aromatic carbocycles. The summed E-state index contributed by atoms with van der Waals surface area (Å²) in [6.45, 7) is 2.09. The van der Waals surface area contributed by atoms with Crippen LogP contribution in [-0.4, -0.2) is 15.0 Å². The molecule has 1 unspecified atom stereocenters. The van der Waals surface area contributed by atoms with Gasteiger partial charge in [-0.3, -0.25) is 0 Å². The Balaban J connectivity index is 2.37. The van der Waals surface area contributed by atoms with Gasteiger partial charge in [-0.05, 0) is 24.6 Å². The van der Waals surface area contributed by atoms with E-state index < -0.39 is 0 Å². The molecule has 0 aliphatic carbocycles. The molecule has 0 N–H and O–H groups in total. The molecule has 3 nitrogen and oxygen atoms in total. The van der Waals surface area contributed by atoms with Gasteiger partial charge < -0.3 is 0 Å². The van der Waals surface area contributed by atoms with Crippen LogP contribution in [0.25, 0.3) is 5.69 Å². The molecule has 0 amide bonds. The summed E-state index contributed by atoms with van der Waals surface area (Å²) in [5.41, 5.74) is 1.73. The zero-order chi connectivity index (χ0) is 12.4. The highest BCUT2D eigenvalue weighted by molar-refractivity contribution is 9.10. The second-order valence-corrected chi connectivity index (χ2v) is 5.99. The van der Waals surface area contributed by atoms with Crippen molar-refractivity contribution in [3.63, 3.8) is 0 Å². The SMILES string of the molecule is CCC(Br)c1cn(-c2ccc(Br)cc2Cl)nn1. The van der Waals surface area contributed by atoms with Crippen LogP contribution in [0.15, 0.2) is 28.9 Å². The van der Waals surface area contributed by atoms with Crippen molar-refractivity contribution < 1.29 is 0 Å². The van der Waals surface area contributed by atoms with Crippen molar-refractivity contribution in [2.75, 3.05) is 0 Å². The lowest BCUT2D eigenvalue weighted by Gasteiger charge is -2.03. The number of nitrogens with zero attached hydrogens (tertiary/aromatic N) is 3. The van der Waals surface area contributed by atoms with E-state index in [1.165, 1.54) is 0 Å². The van der Waals surface area contributed by atoms with Crippen molar-refractivity contribution in [2.45, 2.75) is 18.2 Å². The standard InChI is InChI=1S/C11H10Br2ClN3/c1-2-8(13)10-6-17(16-15-10)11-4-3-7(12)5-9(11)14/h3-6,8H,2H2,1H3. The second kappa shape index (κ2) is 5.50. The lowest BCUT2D eigenvalue weighted by molar-refractivity contribution is 0.790. The fraction of sp³-hybridized carbons (Fsp3) is 0.273. The molecule has 2 rings (SSSR count). The van der Waals surface area contributed by atoms with Crippen LogP contribution in [0.3, 0.4) is 0 Å². The molecule has 1 heterocycles. The molecule has 90 valence electrons. The molecule has 0 radical (unpaired) electrons. The van der Waals surface area contributed by atoms with E-state index >= 15 is 0 Å². The summed E-state index contributed by atoms with van der Waals surface area (Å²) in [6, 6.07) is 5.66. The maximum absolute atomic E-state index is 6.16. The number of halogens is 3. The van der Waals surface area contributed by atoms with Crippen LogP contribution in [0.4, 0.5) is 0 Å². The average Bonchev–Trinajstić information content (AvgIpc) is 2.77. The van der Waals surface area contributed by atoms with Crippen molar-refractivity contribution in [3.8, 4) is 5.69 Å². The summed E-state index contributed by atoms with van der Waals surface area (Å²) in [5, 5.41) is 8.84. The van der Waals surface area contributed by atoms with Crippen molar-refractivity contribution in [3.05, 3.63) is 39.6 Å². The van der Waals surface area contributed by atoms with E-state index in [1.54, 1.807) is 4.68 Å². The smallest absolute Gasteiger partial charge is 0.0967 e. The topological polar surface area (TPSA) is 30.7 Å².